The zero-order valence-electron chi connectivity index (χ0n) is 21.8. The van der Waals surface area contributed by atoms with E-state index in [2.05, 4.69) is 37.4 Å². The lowest BCUT2D eigenvalue weighted by Crippen LogP contribution is -2.06. The Bertz CT molecular complexity index is 928. The number of benzene rings is 2. The van der Waals surface area contributed by atoms with Gasteiger partial charge in [-0.15, -0.1) is 0 Å². The van der Waals surface area contributed by atoms with Crippen LogP contribution in [0.15, 0.2) is 60.7 Å². The van der Waals surface area contributed by atoms with Crippen molar-refractivity contribution in [3.05, 3.63) is 60.7 Å². The molecule has 0 fully saturated rings. The fourth-order valence-electron chi connectivity index (χ4n) is 3.45. The minimum Gasteiger partial charge on any atom is -0.494 e. The number of fused-ring (bicyclic) bond motifs is 1. The highest BCUT2D eigenvalue weighted by atomic mass is 16.5. The van der Waals surface area contributed by atoms with Crippen molar-refractivity contribution in [1.29, 1.82) is 0 Å². The van der Waals surface area contributed by atoms with Crippen molar-refractivity contribution in [2.75, 3.05) is 26.4 Å². The molecule has 2 aromatic carbocycles. The summed E-state index contributed by atoms with van der Waals surface area (Å²) in [6, 6.07) is 12.2. The first kappa shape index (κ1) is 29.0. The van der Waals surface area contributed by atoms with E-state index in [9.17, 15) is 9.59 Å². The molecule has 0 saturated carbocycles. The van der Waals surface area contributed by atoms with Crippen LogP contribution in [0.2, 0.25) is 0 Å². The van der Waals surface area contributed by atoms with Crippen molar-refractivity contribution >= 4 is 22.7 Å². The predicted octanol–water partition coefficient (Wildman–Crippen LogP) is 6.96. The van der Waals surface area contributed by atoms with Gasteiger partial charge >= 0.3 is 11.9 Å². The fourth-order valence-corrected chi connectivity index (χ4v) is 3.45. The second-order valence-corrected chi connectivity index (χ2v) is 9.03. The molecule has 0 spiro atoms. The highest BCUT2D eigenvalue weighted by molar-refractivity contribution is 5.87. The van der Waals surface area contributed by atoms with E-state index in [4.69, 9.17) is 18.9 Å². The molecule has 0 aliphatic rings. The van der Waals surface area contributed by atoms with Crippen LogP contribution in [0.1, 0.15) is 65.2 Å². The van der Waals surface area contributed by atoms with E-state index in [0.717, 1.165) is 73.6 Å². The number of rotatable bonds is 18. The number of carbonyl (C=O) groups is 2. The van der Waals surface area contributed by atoms with E-state index in [-0.39, 0.29) is 11.9 Å². The second kappa shape index (κ2) is 16.4. The number of ether oxygens (including phenoxy) is 4. The molecule has 0 radical (unpaired) electrons. The maximum absolute atomic E-state index is 11.3. The summed E-state index contributed by atoms with van der Waals surface area (Å²) in [5.41, 5.74) is 0.873. The summed E-state index contributed by atoms with van der Waals surface area (Å²) in [6.07, 6.45) is 7.68. The normalized spacial score (nSPS) is 10.6. The fraction of sp³-hybridized carbons (Fsp3) is 0.467. The Morgan fingerprint density at radius 3 is 1.31 bits per heavy atom. The molecule has 0 aliphatic heterocycles. The first-order chi connectivity index (χ1) is 17.4. The third-order valence-electron chi connectivity index (χ3n) is 5.56. The molecule has 0 aliphatic carbocycles. The largest absolute Gasteiger partial charge is 0.494 e. The van der Waals surface area contributed by atoms with E-state index in [0.29, 0.717) is 37.6 Å². The molecule has 0 N–H and O–H groups in total. The molecule has 0 amide bonds. The van der Waals surface area contributed by atoms with Crippen LogP contribution in [-0.4, -0.2) is 38.4 Å². The van der Waals surface area contributed by atoms with Gasteiger partial charge < -0.3 is 18.9 Å². The zero-order valence-corrected chi connectivity index (χ0v) is 21.8. The molecule has 2 rings (SSSR count). The highest BCUT2D eigenvalue weighted by Gasteiger charge is 2.04. The van der Waals surface area contributed by atoms with Gasteiger partial charge in [0.25, 0.3) is 0 Å². The Labute approximate surface area is 215 Å². The van der Waals surface area contributed by atoms with Crippen LogP contribution in [0.25, 0.3) is 10.8 Å². The molecular formula is C30H40O6. The van der Waals surface area contributed by atoms with Gasteiger partial charge in [-0.25, -0.2) is 9.59 Å². The van der Waals surface area contributed by atoms with Gasteiger partial charge in [-0.3, -0.25) is 0 Å². The van der Waals surface area contributed by atoms with E-state index in [1.165, 1.54) is 0 Å². The number of hydrogen-bond acceptors (Lipinski definition) is 6. The third-order valence-corrected chi connectivity index (χ3v) is 5.56. The smallest absolute Gasteiger partial charge is 0.333 e. The summed E-state index contributed by atoms with van der Waals surface area (Å²) >= 11 is 0. The van der Waals surface area contributed by atoms with Gasteiger partial charge in [0, 0.05) is 11.1 Å². The van der Waals surface area contributed by atoms with E-state index < -0.39 is 0 Å². The summed E-state index contributed by atoms with van der Waals surface area (Å²) in [7, 11) is 0. The van der Waals surface area contributed by atoms with Crippen LogP contribution in [0.5, 0.6) is 11.5 Å². The van der Waals surface area contributed by atoms with E-state index in [1.807, 2.05) is 12.1 Å². The number of hydrogen-bond donors (Lipinski definition) is 0. The van der Waals surface area contributed by atoms with Crippen LogP contribution in [0, 0.1) is 0 Å². The summed E-state index contributed by atoms with van der Waals surface area (Å²) in [6.45, 7) is 12.7. The first-order valence-electron chi connectivity index (χ1n) is 12.8. The van der Waals surface area contributed by atoms with Crippen LogP contribution < -0.4 is 9.47 Å². The third kappa shape index (κ3) is 11.4. The van der Waals surface area contributed by atoms with Crippen LogP contribution in [0.3, 0.4) is 0 Å². The van der Waals surface area contributed by atoms with Gasteiger partial charge in [0.1, 0.15) is 11.5 Å². The molecule has 2 aromatic rings. The van der Waals surface area contributed by atoms with Crippen molar-refractivity contribution < 1.29 is 28.5 Å². The van der Waals surface area contributed by atoms with Gasteiger partial charge in [0.2, 0.25) is 0 Å². The molecule has 196 valence electrons. The van der Waals surface area contributed by atoms with Crippen molar-refractivity contribution in [3.8, 4) is 11.5 Å². The minimum absolute atomic E-state index is 0.319. The van der Waals surface area contributed by atoms with Crippen molar-refractivity contribution in [2.45, 2.75) is 65.2 Å². The molecule has 6 heteroatoms. The average Bonchev–Trinajstić information content (AvgIpc) is 2.86. The van der Waals surface area contributed by atoms with Gasteiger partial charge in [0.05, 0.1) is 26.4 Å². The van der Waals surface area contributed by atoms with Crippen molar-refractivity contribution in [2.24, 2.45) is 0 Å². The highest BCUT2D eigenvalue weighted by Crippen LogP contribution is 2.25. The summed E-state index contributed by atoms with van der Waals surface area (Å²) in [4.78, 5) is 22.6. The second-order valence-electron chi connectivity index (χ2n) is 9.03. The lowest BCUT2D eigenvalue weighted by molar-refractivity contribution is -0.139. The Morgan fingerprint density at radius 2 is 0.944 bits per heavy atom. The molecule has 6 nitrogen and oxygen atoms in total. The van der Waals surface area contributed by atoms with Gasteiger partial charge in [0.15, 0.2) is 0 Å². The van der Waals surface area contributed by atoms with Gasteiger partial charge in [-0.1, -0.05) is 25.3 Å². The van der Waals surface area contributed by atoms with Crippen LogP contribution in [-0.2, 0) is 19.1 Å². The minimum atomic E-state index is -0.319. The Hall–Kier alpha value is -3.28. The summed E-state index contributed by atoms with van der Waals surface area (Å²) in [5, 5.41) is 2.23. The maximum atomic E-state index is 11.3. The molecule has 0 unspecified atom stereocenters. The summed E-state index contributed by atoms with van der Waals surface area (Å²) < 4.78 is 22.0. The van der Waals surface area contributed by atoms with E-state index in [1.54, 1.807) is 13.8 Å². The predicted molar refractivity (Wildman–Crippen MR) is 143 cm³/mol. The topological polar surface area (TPSA) is 71.1 Å². The Balaban J connectivity index is 1.58. The molecule has 0 atom stereocenters. The molecule has 0 saturated heterocycles. The molecule has 0 bridgehead atoms. The average molecular weight is 497 g/mol. The first-order valence-corrected chi connectivity index (χ1v) is 12.8. The number of carbonyl (C=O) groups excluding carboxylic acids is 2. The Morgan fingerprint density at radius 1 is 0.583 bits per heavy atom. The Kier molecular flexibility index (Phi) is 13.2. The quantitative estimate of drug-likeness (QED) is 0.126. The summed E-state index contributed by atoms with van der Waals surface area (Å²) in [5.74, 6) is 1.09. The van der Waals surface area contributed by atoms with Gasteiger partial charge in [-0.05, 0) is 100 Å². The van der Waals surface area contributed by atoms with Crippen molar-refractivity contribution in [3.63, 3.8) is 0 Å². The molecule has 0 aromatic heterocycles. The lowest BCUT2D eigenvalue weighted by Gasteiger charge is -2.10. The number of unbranched alkanes of at least 4 members (excludes halogenated alkanes) is 6. The number of esters is 2. The molecule has 0 heterocycles. The SMILES string of the molecule is C=C(C)C(=O)OCCCCCCOc1ccc2cc(OCCCCCCOC(=O)C(=C)C)ccc2c1. The lowest BCUT2D eigenvalue weighted by atomic mass is 10.1. The molecule has 36 heavy (non-hydrogen) atoms. The van der Waals surface area contributed by atoms with Crippen LogP contribution >= 0.6 is 0 Å². The zero-order chi connectivity index (χ0) is 26.2. The van der Waals surface area contributed by atoms with Gasteiger partial charge in [-0.2, -0.15) is 0 Å². The van der Waals surface area contributed by atoms with Crippen LogP contribution in [0.4, 0.5) is 0 Å². The standard InChI is InChI=1S/C30H40O6/c1-23(2)29(31)35-19-11-7-5-9-17-33-27-15-13-26-22-28(16-14-25(26)21-27)34-18-10-6-8-12-20-36-30(32)24(3)4/h13-16,21-22H,1,3,5-12,17-20H2,2,4H3. The van der Waals surface area contributed by atoms with Crippen molar-refractivity contribution in [1.82, 2.24) is 0 Å². The van der Waals surface area contributed by atoms with E-state index >= 15 is 0 Å². The maximum Gasteiger partial charge on any atom is 0.333 e. The molecular weight excluding hydrogens is 456 g/mol. The monoisotopic (exact) mass is 496 g/mol.